The van der Waals surface area contributed by atoms with Gasteiger partial charge in [0.1, 0.15) is 18.4 Å². The Hall–Kier alpha value is -3.28. The van der Waals surface area contributed by atoms with Gasteiger partial charge in [0.15, 0.2) is 0 Å². The summed E-state index contributed by atoms with van der Waals surface area (Å²) in [4.78, 5) is 59.9. The predicted octanol–water partition coefficient (Wildman–Crippen LogP) is 0.435. The molecule has 2 rings (SSSR count). The molecule has 3 atom stereocenters. The van der Waals surface area contributed by atoms with Crippen LogP contribution < -0.4 is 16.4 Å². The molecule has 1 aromatic rings. The van der Waals surface area contributed by atoms with Gasteiger partial charge in [-0.05, 0) is 25.1 Å². The number of nitrogens with two attached hydrogens (primary N) is 1. The zero-order valence-electron chi connectivity index (χ0n) is 16.8. The number of carboxylic acids is 1. The molecule has 1 heterocycles. The number of nitrogen functional groups attached to an aromatic ring is 1. The summed E-state index contributed by atoms with van der Waals surface area (Å²) in [6.45, 7) is 0.172. The number of aldehydes is 1. The first-order valence-corrected chi connectivity index (χ1v) is 9.74. The average molecular weight is 475 g/mol. The predicted molar refractivity (Wildman–Crippen MR) is 108 cm³/mol. The van der Waals surface area contributed by atoms with Crippen molar-refractivity contribution in [2.45, 2.75) is 43.8 Å². The van der Waals surface area contributed by atoms with Crippen LogP contribution in [0.4, 0.5) is 14.5 Å². The van der Waals surface area contributed by atoms with Gasteiger partial charge in [0.05, 0.1) is 29.7 Å². The Bertz CT molecular complexity index is 944. The van der Waals surface area contributed by atoms with E-state index in [0.717, 1.165) is 0 Å². The van der Waals surface area contributed by atoms with Crippen molar-refractivity contribution in [1.29, 1.82) is 0 Å². The number of likely N-dealkylation sites (tertiary alicyclic amines) is 1. The zero-order chi connectivity index (χ0) is 24.2. The summed E-state index contributed by atoms with van der Waals surface area (Å²) < 4.78 is 28.0. The summed E-state index contributed by atoms with van der Waals surface area (Å²) in [5, 5.41) is 13.3. The van der Waals surface area contributed by atoms with Gasteiger partial charge in [0.2, 0.25) is 11.8 Å². The van der Waals surface area contributed by atoms with Crippen LogP contribution in [-0.4, -0.2) is 70.6 Å². The van der Waals surface area contributed by atoms with E-state index in [9.17, 15) is 32.8 Å². The normalized spacial score (nSPS) is 19.0. The van der Waals surface area contributed by atoms with Crippen LogP contribution in [-0.2, 0) is 19.2 Å². The molecule has 0 radical (unpaired) electrons. The van der Waals surface area contributed by atoms with Crippen LogP contribution in [0.1, 0.15) is 30.1 Å². The smallest absolute Gasteiger partial charge is 0.305 e. The van der Waals surface area contributed by atoms with E-state index in [1.54, 1.807) is 0 Å². The van der Waals surface area contributed by atoms with Crippen LogP contribution in [0.5, 0.6) is 0 Å². The van der Waals surface area contributed by atoms with Crippen molar-refractivity contribution in [3.63, 3.8) is 0 Å². The number of benzene rings is 1. The highest BCUT2D eigenvalue weighted by Crippen LogP contribution is 2.32. The number of aliphatic carboxylic acids is 1. The van der Waals surface area contributed by atoms with Gasteiger partial charge in [0, 0.05) is 12.0 Å². The quantitative estimate of drug-likeness (QED) is 0.314. The number of halogens is 3. The second kappa shape index (κ2) is 9.90. The molecule has 32 heavy (non-hydrogen) atoms. The monoisotopic (exact) mass is 474 g/mol. The third-order valence-corrected chi connectivity index (χ3v) is 5.05. The number of nitrogens with zero attached hydrogens (tertiary/aromatic N) is 1. The molecule has 1 fully saturated rings. The van der Waals surface area contributed by atoms with Crippen molar-refractivity contribution >= 4 is 47.3 Å². The topological polar surface area (TPSA) is 159 Å². The van der Waals surface area contributed by atoms with Crippen LogP contribution >= 0.6 is 11.6 Å². The second-order valence-electron chi connectivity index (χ2n) is 7.32. The van der Waals surface area contributed by atoms with Crippen LogP contribution in [0.2, 0.25) is 5.02 Å². The molecule has 1 aliphatic rings. The van der Waals surface area contributed by atoms with Gasteiger partial charge in [-0.25, -0.2) is 8.78 Å². The summed E-state index contributed by atoms with van der Waals surface area (Å²) in [5.41, 5.74) is 5.88. The molecule has 0 bridgehead atoms. The van der Waals surface area contributed by atoms with E-state index in [0.29, 0.717) is 4.90 Å². The highest BCUT2D eigenvalue weighted by atomic mass is 35.5. The fourth-order valence-corrected chi connectivity index (χ4v) is 3.32. The lowest BCUT2D eigenvalue weighted by Crippen LogP contribution is -2.54. The van der Waals surface area contributed by atoms with E-state index >= 15 is 0 Å². The summed E-state index contributed by atoms with van der Waals surface area (Å²) in [5.74, 6) is -7.56. The number of alkyl halides is 2. The average Bonchev–Trinajstić information content (AvgIpc) is 3.03. The standard InChI is InChI=1S/C19H21ClF2N4O6/c1-9(24-16(30)10-2-3-13(23)12(20)4-10)18(32)26-8-19(21,22)6-14(26)17(31)25-11(7-27)5-15(28)29/h2-4,7,9,11,14H,5-6,8,23H2,1H3,(H,24,30)(H,25,31)(H,28,29). The van der Waals surface area contributed by atoms with Gasteiger partial charge < -0.3 is 31.2 Å². The van der Waals surface area contributed by atoms with Crippen molar-refractivity contribution < 1.29 is 37.9 Å². The van der Waals surface area contributed by atoms with E-state index in [4.69, 9.17) is 22.4 Å². The maximum absolute atomic E-state index is 14.0. The molecule has 0 aliphatic carbocycles. The molecule has 174 valence electrons. The lowest BCUT2D eigenvalue weighted by Gasteiger charge is -2.27. The molecule has 3 amide bonds. The maximum Gasteiger partial charge on any atom is 0.305 e. The van der Waals surface area contributed by atoms with Crippen molar-refractivity contribution in [2.24, 2.45) is 0 Å². The van der Waals surface area contributed by atoms with Crippen molar-refractivity contribution in [1.82, 2.24) is 15.5 Å². The summed E-state index contributed by atoms with van der Waals surface area (Å²) in [7, 11) is 0. The number of carbonyl (C=O) groups excluding carboxylic acids is 4. The molecule has 0 saturated carbocycles. The minimum absolute atomic E-state index is 0.0763. The Labute approximate surface area is 186 Å². The van der Waals surface area contributed by atoms with Crippen LogP contribution in [0, 0.1) is 0 Å². The van der Waals surface area contributed by atoms with Crippen molar-refractivity contribution in [2.75, 3.05) is 12.3 Å². The summed E-state index contributed by atoms with van der Waals surface area (Å²) in [6.07, 6.45) is -1.60. The Balaban J connectivity index is 2.13. The van der Waals surface area contributed by atoms with E-state index in [-0.39, 0.29) is 22.6 Å². The highest BCUT2D eigenvalue weighted by Gasteiger charge is 2.51. The number of hydrogen-bond donors (Lipinski definition) is 4. The Morgan fingerprint density at radius 2 is 2.00 bits per heavy atom. The Kier molecular flexibility index (Phi) is 7.73. The number of carboxylic acid groups (broad SMARTS) is 1. The molecule has 0 spiro atoms. The number of rotatable bonds is 8. The van der Waals surface area contributed by atoms with Gasteiger partial charge in [-0.15, -0.1) is 0 Å². The highest BCUT2D eigenvalue weighted by molar-refractivity contribution is 6.33. The molecular weight excluding hydrogens is 454 g/mol. The molecule has 1 aliphatic heterocycles. The first-order chi connectivity index (χ1) is 14.8. The fraction of sp³-hybridized carbons (Fsp3) is 0.421. The molecule has 1 saturated heterocycles. The van der Waals surface area contributed by atoms with Crippen molar-refractivity contribution in [3.05, 3.63) is 28.8 Å². The minimum atomic E-state index is -3.39. The molecule has 5 N–H and O–H groups in total. The van der Waals surface area contributed by atoms with Gasteiger partial charge >= 0.3 is 5.97 Å². The maximum atomic E-state index is 14.0. The van der Waals surface area contributed by atoms with E-state index < -0.39 is 67.1 Å². The first kappa shape index (κ1) is 25.0. The molecule has 1 aromatic carbocycles. The SMILES string of the molecule is CC(NC(=O)c1ccc(N)c(Cl)c1)C(=O)N1CC(F)(F)CC1C(=O)NC(C=O)CC(=O)O. The molecule has 3 unspecified atom stereocenters. The zero-order valence-corrected chi connectivity index (χ0v) is 17.6. The molecule has 10 nitrogen and oxygen atoms in total. The van der Waals surface area contributed by atoms with Crippen LogP contribution in [0.15, 0.2) is 18.2 Å². The lowest BCUT2D eigenvalue weighted by atomic mass is 10.1. The van der Waals surface area contributed by atoms with Crippen LogP contribution in [0.3, 0.4) is 0 Å². The van der Waals surface area contributed by atoms with E-state index in [2.05, 4.69) is 10.6 Å². The second-order valence-corrected chi connectivity index (χ2v) is 7.73. The van der Waals surface area contributed by atoms with Gasteiger partial charge in [-0.3, -0.25) is 19.2 Å². The Morgan fingerprint density at radius 3 is 2.56 bits per heavy atom. The number of anilines is 1. The third-order valence-electron chi connectivity index (χ3n) is 4.72. The van der Waals surface area contributed by atoms with Gasteiger partial charge in [0.25, 0.3) is 11.8 Å². The first-order valence-electron chi connectivity index (χ1n) is 9.36. The van der Waals surface area contributed by atoms with Crippen LogP contribution in [0.25, 0.3) is 0 Å². The summed E-state index contributed by atoms with van der Waals surface area (Å²) in [6, 6.07) is -0.380. The van der Waals surface area contributed by atoms with E-state index in [1.807, 2.05) is 0 Å². The van der Waals surface area contributed by atoms with E-state index in [1.165, 1.54) is 25.1 Å². The minimum Gasteiger partial charge on any atom is -0.481 e. The fourth-order valence-electron chi connectivity index (χ4n) is 3.14. The number of amides is 3. The number of nitrogens with one attached hydrogen (secondary N) is 2. The molecular formula is C19H21ClF2N4O6. The largest absolute Gasteiger partial charge is 0.481 e. The molecule has 13 heteroatoms. The Morgan fingerprint density at radius 1 is 1.34 bits per heavy atom. The number of hydrogen-bond acceptors (Lipinski definition) is 6. The number of carbonyl (C=O) groups is 5. The molecule has 0 aromatic heterocycles. The third kappa shape index (κ3) is 6.13. The van der Waals surface area contributed by atoms with Gasteiger partial charge in [-0.2, -0.15) is 0 Å². The lowest BCUT2D eigenvalue weighted by molar-refractivity contribution is -0.142. The van der Waals surface area contributed by atoms with Gasteiger partial charge in [-0.1, -0.05) is 11.6 Å². The van der Waals surface area contributed by atoms with Crippen molar-refractivity contribution in [3.8, 4) is 0 Å². The summed E-state index contributed by atoms with van der Waals surface area (Å²) >= 11 is 5.86.